The molecular formula is C20H22N4O4S3. The molecule has 31 heavy (non-hydrogen) atoms. The number of primary sulfonamides is 1. The minimum atomic E-state index is -3.80. The van der Waals surface area contributed by atoms with Gasteiger partial charge >= 0.3 is 0 Å². The van der Waals surface area contributed by atoms with E-state index in [1.54, 1.807) is 13.0 Å². The van der Waals surface area contributed by atoms with Gasteiger partial charge in [0.25, 0.3) is 5.56 Å². The molecule has 1 amide bonds. The van der Waals surface area contributed by atoms with Crippen molar-refractivity contribution >= 4 is 54.9 Å². The van der Waals surface area contributed by atoms with Gasteiger partial charge in [0.15, 0.2) is 5.16 Å². The Bertz CT molecular complexity index is 1330. The van der Waals surface area contributed by atoms with Gasteiger partial charge in [-0.05, 0) is 50.6 Å². The molecule has 0 radical (unpaired) electrons. The van der Waals surface area contributed by atoms with Crippen LogP contribution in [0.2, 0.25) is 0 Å². The van der Waals surface area contributed by atoms with E-state index >= 15 is 0 Å². The Hall–Kier alpha value is -2.47. The lowest BCUT2D eigenvalue weighted by molar-refractivity contribution is -0.115. The summed E-state index contributed by atoms with van der Waals surface area (Å²) in [4.78, 5) is 32.0. The number of nitrogens with one attached hydrogen (secondary N) is 1. The minimum Gasteiger partial charge on any atom is -0.325 e. The molecule has 0 saturated heterocycles. The van der Waals surface area contributed by atoms with Crippen molar-refractivity contribution in [1.82, 2.24) is 9.55 Å². The van der Waals surface area contributed by atoms with Crippen molar-refractivity contribution in [2.75, 3.05) is 5.32 Å². The number of carbonyl (C=O) groups excluding carboxylic acids is 1. The molecule has 0 aliphatic rings. The lowest BCUT2D eigenvalue weighted by atomic mass is 10.2. The van der Waals surface area contributed by atoms with Crippen molar-refractivity contribution in [3.8, 4) is 0 Å². The van der Waals surface area contributed by atoms with Gasteiger partial charge in [0.2, 0.25) is 15.9 Å². The first kappa shape index (κ1) is 23.2. The zero-order valence-electron chi connectivity index (χ0n) is 17.2. The van der Waals surface area contributed by atoms with E-state index in [9.17, 15) is 18.0 Å². The van der Waals surface area contributed by atoms with E-state index < -0.39 is 15.3 Å². The predicted molar refractivity (Wildman–Crippen MR) is 125 cm³/mol. The molecule has 8 nitrogen and oxygen atoms in total. The van der Waals surface area contributed by atoms with Gasteiger partial charge in [-0.15, -0.1) is 17.9 Å². The fourth-order valence-corrected chi connectivity index (χ4v) is 5.38. The summed E-state index contributed by atoms with van der Waals surface area (Å²) in [6.07, 6.45) is 1.62. The minimum absolute atomic E-state index is 0.0413. The van der Waals surface area contributed by atoms with Gasteiger partial charge in [0.05, 0.1) is 15.5 Å². The summed E-state index contributed by atoms with van der Waals surface area (Å²) in [6.45, 7) is 9.55. The van der Waals surface area contributed by atoms with Gasteiger partial charge in [-0.1, -0.05) is 17.8 Å². The standard InChI is InChI=1S/C20H22N4O4S3/c1-5-10-24-19(26)16-11(2)12(3)29-18(16)23-20(24)30-13(4)17(25)22-14-6-8-15(9-7-14)31(21,27)28/h5-9,13H,1,10H2,2-4H3,(H,22,25)(H2,21,27,28). The number of nitrogens with zero attached hydrogens (tertiary/aromatic N) is 2. The number of sulfonamides is 1. The second kappa shape index (κ2) is 8.95. The summed E-state index contributed by atoms with van der Waals surface area (Å²) in [5, 5.41) is 8.28. The molecule has 3 rings (SSSR count). The van der Waals surface area contributed by atoms with E-state index in [-0.39, 0.29) is 22.9 Å². The summed E-state index contributed by atoms with van der Waals surface area (Å²) < 4.78 is 24.2. The quantitative estimate of drug-likeness (QED) is 0.306. The number of allylic oxidation sites excluding steroid dienone is 1. The molecule has 164 valence electrons. The second-order valence-corrected chi connectivity index (χ2v) is 11.0. The van der Waals surface area contributed by atoms with Gasteiger partial charge < -0.3 is 5.32 Å². The zero-order chi connectivity index (χ0) is 22.9. The average molecular weight is 479 g/mol. The summed E-state index contributed by atoms with van der Waals surface area (Å²) in [6, 6.07) is 5.57. The Morgan fingerprint density at radius 2 is 2.00 bits per heavy atom. The molecule has 0 saturated carbocycles. The number of nitrogens with two attached hydrogens (primary N) is 1. The van der Waals surface area contributed by atoms with Crippen LogP contribution < -0.4 is 16.0 Å². The molecule has 0 fully saturated rings. The number of thioether (sulfide) groups is 1. The number of fused-ring (bicyclic) bond motifs is 1. The maximum atomic E-state index is 13.0. The van der Waals surface area contributed by atoms with Crippen LogP contribution >= 0.6 is 23.1 Å². The molecule has 1 unspecified atom stereocenters. The van der Waals surface area contributed by atoms with Crippen molar-refractivity contribution in [3.63, 3.8) is 0 Å². The Labute approximate surface area is 188 Å². The number of amides is 1. The number of carbonyl (C=O) groups is 1. The summed E-state index contributed by atoms with van der Waals surface area (Å²) in [7, 11) is -3.80. The molecule has 1 aromatic carbocycles. The van der Waals surface area contributed by atoms with Crippen molar-refractivity contribution in [2.45, 2.75) is 42.6 Å². The van der Waals surface area contributed by atoms with E-state index in [2.05, 4.69) is 16.9 Å². The van der Waals surface area contributed by atoms with Crippen molar-refractivity contribution in [1.29, 1.82) is 0 Å². The van der Waals surface area contributed by atoms with Crippen molar-refractivity contribution < 1.29 is 13.2 Å². The number of hydrogen-bond acceptors (Lipinski definition) is 7. The van der Waals surface area contributed by atoms with Crippen molar-refractivity contribution in [2.24, 2.45) is 5.14 Å². The van der Waals surface area contributed by atoms with Crippen LogP contribution in [0.15, 0.2) is 51.8 Å². The topological polar surface area (TPSA) is 124 Å². The van der Waals surface area contributed by atoms with Crippen LogP contribution in [0.25, 0.3) is 10.2 Å². The first-order valence-corrected chi connectivity index (χ1v) is 12.5. The third-order valence-electron chi connectivity index (χ3n) is 4.67. The normalized spacial score (nSPS) is 12.6. The summed E-state index contributed by atoms with van der Waals surface area (Å²) >= 11 is 2.62. The van der Waals surface area contributed by atoms with Gasteiger partial charge in [-0.25, -0.2) is 18.5 Å². The lowest BCUT2D eigenvalue weighted by Gasteiger charge is -2.15. The highest BCUT2D eigenvalue weighted by molar-refractivity contribution is 8.00. The van der Waals surface area contributed by atoms with Gasteiger partial charge in [-0.2, -0.15) is 0 Å². The van der Waals surface area contributed by atoms with E-state index in [4.69, 9.17) is 5.14 Å². The Morgan fingerprint density at radius 1 is 1.35 bits per heavy atom. The number of hydrogen-bond donors (Lipinski definition) is 2. The second-order valence-electron chi connectivity index (χ2n) is 6.88. The van der Waals surface area contributed by atoms with Crippen molar-refractivity contribution in [3.05, 3.63) is 57.7 Å². The molecule has 3 N–H and O–H groups in total. The molecule has 3 aromatic rings. The van der Waals surface area contributed by atoms with Crippen LogP contribution in [0.4, 0.5) is 5.69 Å². The number of thiophene rings is 1. The number of aromatic nitrogens is 2. The van der Waals surface area contributed by atoms with Crippen LogP contribution in [0.5, 0.6) is 0 Å². The van der Waals surface area contributed by atoms with Crippen LogP contribution in [0.3, 0.4) is 0 Å². The van der Waals surface area contributed by atoms with Crippen LogP contribution in [-0.2, 0) is 21.4 Å². The maximum Gasteiger partial charge on any atom is 0.263 e. The molecule has 0 spiro atoms. The molecule has 0 aliphatic carbocycles. The molecule has 2 aromatic heterocycles. The van der Waals surface area contributed by atoms with E-state index in [1.807, 2.05) is 13.8 Å². The Balaban J connectivity index is 1.85. The molecule has 0 bridgehead atoms. The first-order valence-electron chi connectivity index (χ1n) is 9.24. The van der Waals surface area contributed by atoms with Crippen LogP contribution in [0.1, 0.15) is 17.4 Å². The van der Waals surface area contributed by atoms with E-state index in [1.165, 1.54) is 51.9 Å². The summed E-state index contributed by atoms with van der Waals surface area (Å²) in [5.74, 6) is -0.314. The first-order chi connectivity index (χ1) is 14.5. The fourth-order valence-electron chi connectivity index (χ4n) is 2.87. The molecule has 0 aliphatic heterocycles. The van der Waals surface area contributed by atoms with E-state index in [0.29, 0.717) is 21.1 Å². The number of rotatable bonds is 7. The largest absolute Gasteiger partial charge is 0.325 e. The molecular weight excluding hydrogens is 456 g/mol. The number of anilines is 1. The highest BCUT2D eigenvalue weighted by atomic mass is 32.2. The SMILES string of the molecule is C=CCn1c(SC(C)C(=O)Nc2ccc(S(N)(=O)=O)cc2)nc2sc(C)c(C)c2c1=O. The fraction of sp³-hybridized carbons (Fsp3) is 0.250. The molecule has 1 atom stereocenters. The van der Waals surface area contributed by atoms with Gasteiger partial charge in [-0.3, -0.25) is 14.2 Å². The van der Waals surface area contributed by atoms with Gasteiger partial charge in [0.1, 0.15) is 4.83 Å². The average Bonchev–Trinajstić information content (AvgIpc) is 2.98. The van der Waals surface area contributed by atoms with E-state index in [0.717, 1.165) is 10.4 Å². The smallest absolute Gasteiger partial charge is 0.263 e. The summed E-state index contributed by atoms with van der Waals surface area (Å²) in [5.41, 5.74) is 1.20. The zero-order valence-corrected chi connectivity index (χ0v) is 19.7. The lowest BCUT2D eigenvalue weighted by Crippen LogP contribution is -2.26. The Kier molecular flexibility index (Phi) is 6.70. The third-order valence-corrected chi connectivity index (χ3v) is 7.79. The number of aryl methyl sites for hydroxylation is 2. The molecule has 2 heterocycles. The predicted octanol–water partition coefficient (Wildman–Crippen LogP) is 3.03. The third kappa shape index (κ3) is 4.90. The number of benzene rings is 1. The highest BCUT2D eigenvalue weighted by Gasteiger charge is 2.21. The van der Waals surface area contributed by atoms with Crippen LogP contribution in [-0.4, -0.2) is 29.1 Å². The Morgan fingerprint density at radius 3 is 2.58 bits per heavy atom. The monoisotopic (exact) mass is 478 g/mol. The highest BCUT2D eigenvalue weighted by Crippen LogP contribution is 2.30. The maximum absolute atomic E-state index is 13.0. The molecule has 11 heteroatoms. The van der Waals surface area contributed by atoms with Crippen LogP contribution in [0, 0.1) is 13.8 Å². The van der Waals surface area contributed by atoms with Gasteiger partial charge in [0, 0.05) is 17.1 Å².